The number of nitrogens with one attached hydrogen (secondary N) is 1. The van der Waals surface area contributed by atoms with Gasteiger partial charge in [0, 0.05) is 5.56 Å². The van der Waals surface area contributed by atoms with E-state index in [0.29, 0.717) is 5.75 Å². The van der Waals surface area contributed by atoms with E-state index in [9.17, 15) is 13.2 Å². The molecule has 1 N–H and O–H groups in total. The molecule has 0 atom stereocenters. The van der Waals surface area contributed by atoms with Crippen LogP contribution in [0.25, 0.3) is 0 Å². The van der Waals surface area contributed by atoms with Gasteiger partial charge in [0.05, 0.1) is 7.11 Å². The number of benzene rings is 1. The Balaban J connectivity index is 2.93. The standard InChI is InChI=1S/C9H8F3NO/c1-14-7-4-2-6(3-5-7)8(13)9(10,11)12/h2-5,13H,1H3. The zero-order chi connectivity index (χ0) is 10.8. The minimum absolute atomic E-state index is 0.168. The van der Waals surface area contributed by atoms with Crippen molar-refractivity contribution < 1.29 is 17.9 Å². The highest BCUT2D eigenvalue weighted by Gasteiger charge is 2.35. The van der Waals surface area contributed by atoms with E-state index in [1.165, 1.54) is 31.4 Å². The summed E-state index contributed by atoms with van der Waals surface area (Å²) in [6, 6.07) is 5.18. The van der Waals surface area contributed by atoms with E-state index in [2.05, 4.69) is 0 Å². The van der Waals surface area contributed by atoms with Gasteiger partial charge in [-0.15, -0.1) is 0 Å². The summed E-state index contributed by atoms with van der Waals surface area (Å²) >= 11 is 0. The van der Waals surface area contributed by atoms with Crippen molar-refractivity contribution in [2.45, 2.75) is 6.18 Å². The summed E-state index contributed by atoms with van der Waals surface area (Å²) in [7, 11) is 1.42. The topological polar surface area (TPSA) is 33.1 Å². The van der Waals surface area contributed by atoms with Gasteiger partial charge in [-0.05, 0) is 24.3 Å². The molecular weight excluding hydrogens is 195 g/mol. The third kappa shape index (κ3) is 2.25. The first-order valence-electron chi connectivity index (χ1n) is 3.75. The second-order valence-corrected chi connectivity index (χ2v) is 2.60. The van der Waals surface area contributed by atoms with Crippen molar-refractivity contribution in [3.05, 3.63) is 29.8 Å². The predicted octanol–water partition coefficient (Wildman–Crippen LogP) is 2.63. The number of ether oxygens (including phenoxy) is 1. The molecule has 14 heavy (non-hydrogen) atoms. The van der Waals surface area contributed by atoms with E-state index in [-0.39, 0.29) is 5.56 Å². The molecule has 76 valence electrons. The Bertz CT molecular complexity index is 329. The van der Waals surface area contributed by atoms with Crippen molar-refractivity contribution in [3.63, 3.8) is 0 Å². The molecule has 0 radical (unpaired) electrons. The van der Waals surface area contributed by atoms with Crippen molar-refractivity contribution >= 4 is 5.71 Å². The maximum absolute atomic E-state index is 12.1. The fourth-order valence-electron chi connectivity index (χ4n) is 0.921. The van der Waals surface area contributed by atoms with Crippen LogP contribution >= 0.6 is 0 Å². The Hall–Kier alpha value is -1.52. The summed E-state index contributed by atoms with van der Waals surface area (Å²) in [5.41, 5.74) is -1.52. The van der Waals surface area contributed by atoms with Gasteiger partial charge in [-0.1, -0.05) is 0 Å². The fraction of sp³-hybridized carbons (Fsp3) is 0.222. The van der Waals surface area contributed by atoms with Gasteiger partial charge in [0.25, 0.3) is 0 Å². The van der Waals surface area contributed by atoms with Crippen LogP contribution in [0.5, 0.6) is 5.75 Å². The summed E-state index contributed by atoms with van der Waals surface area (Å²) in [6.07, 6.45) is -4.60. The van der Waals surface area contributed by atoms with Gasteiger partial charge in [0.15, 0.2) is 0 Å². The molecule has 0 fully saturated rings. The summed E-state index contributed by atoms with van der Waals surface area (Å²) in [4.78, 5) is 0. The molecule has 1 rings (SSSR count). The highest BCUT2D eigenvalue weighted by molar-refractivity contribution is 6.02. The van der Waals surface area contributed by atoms with Gasteiger partial charge in [-0.25, -0.2) is 0 Å². The van der Waals surface area contributed by atoms with E-state index in [0.717, 1.165) is 0 Å². The molecular formula is C9H8F3NO. The smallest absolute Gasteiger partial charge is 0.433 e. The molecule has 1 aromatic rings. The largest absolute Gasteiger partial charge is 0.497 e. The number of rotatable bonds is 2. The van der Waals surface area contributed by atoms with Gasteiger partial charge in [-0.3, -0.25) is 5.41 Å². The molecule has 0 saturated heterocycles. The molecule has 0 aliphatic carbocycles. The summed E-state index contributed by atoms with van der Waals surface area (Å²) in [5, 5.41) is 6.84. The summed E-state index contributed by atoms with van der Waals surface area (Å²) in [5.74, 6) is 0.462. The van der Waals surface area contributed by atoms with Gasteiger partial charge in [0.1, 0.15) is 11.5 Å². The second kappa shape index (κ2) is 3.69. The maximum Gasteiger partial charge on any atom is 0.433 e. The molecule has 0 unspecified atom stereocenters. The number of alkyl halides is 3. The van der Waals surface area contributed by atoms with Crippen LogP contribution in [-0.4, -0.2) is 19.0 Å². The molecule has 1 aromatic carbocycles. The third-order valence-corrected chi connectivity index (χ3v) is 1.66. The zero-order valence-electron chi connectivity index (χ0n) is 7.35. The maximum atomic E-state index is 12.1. The van der Waals surface area contributed by atoms with E-state index in [4.69, 9.17) is 10.1 Å². The number of halogens is 3. The van der Waals surface area contributed by atoms with Crippen LogP contribution in [-0.2, 0) is 0 Å². The predicted molar refractivity (Wildman–Crippen MR) is 45.9 cm³/mol. The molecule has 0 aliphatic heterocycles. The van der Waals surface area contributed by atoms with Gasteiger partial charge in [0.2, 0.25) is 0 Å². The minimum atomic E-state index is -4.60. The van der Waals surface area contributed by atoms with Crippen molar-refractivity contribution in [1.29, 1.82) is 5.41 Å². The Morgan fingerprint density at radius 2 is 1.71 bits per heavy atom. The summed E-state index contributed by atoms with van der Waals surface area (Å²) < 4.78 is 41.0. The van der Waals surface area contributed by atoms with E-state index < -0.39 is 11.9 Å². The van der Waals surface area contributed by atoms with Crippen molar-refractivity contribution in [1.82, 2.24) is 0 Å². The number of methoxy groups -OCH3 is 1. The van der Waals surface area contributed by atoms with Crippen LogP contribution < -0.4 is 4.74 Å². The molecule has 0 heterocycles. The number of hydrogen-bond donors (Lipinski definition) is 1. The zero-order valence-corrected chi connectivity index (χ0v) is 7.35. The van der Waals surface area contributed by atoms with Gasteiger partial charge in [-0.2, -0.15) is 13.2 Å². The molecule has 0 amide bonds. The lowest BCUT2D eigenvalue weighted by Crippen LogP contribution is -2.22. The molecule has 2 nitrogen and oxygen atoms in total. The SMILES string of the molecule is COc1ccc(C(=N)C(F)(F)F)cc1. The summed E-state index contributed by atoms with van der Waals surface area (Å²) in [6.45, 7) is 0. The fourth-order valence-corrected chi connectivity index (χ4v) is 0.921. The normalized spacial score (nSPS) is 11.1. The molecule has 0 aliphatic rings. The molecule has 0 bridgehead atoms. The Kier molecular flexibility index (Phi) is 2.78. The quantitative estimate of drug-likeness (QED) is 0.736. The lowest BCUT2D eigenvalue weighted by Gasteiger charge is -2.08. The van der Waals surface area contributed by atoms with Gasteiger partial charge >= 0.3 is 6.18 Å². The molecule has 5 heteroatoms. The van der Waals surface area contributed by atoms with Crippen LogP contribution in [0, 0.1) is 5.41 Å². The van der Waals surface area contributed by atoms with Crippen LogP contribution in [0.4, 0.5) is 13.2 Å². The second-order valence-electron chi connectivity index (χ2n) is 2.60. The molecule has 0 aromatic heterocycles. The average molecular weight is 203 g/mol. The van der Waals surface area contributed by atoms with Crippen LogP contribution in [0.3, 0.4) is 0 Å². The highest BCUT2D eigenvalue weighted by Crippen LogP contribution is 2.22. The van der Waals surface area contributed by atoms with Crippen LogP contribution in [0.1, 0.15) is 5.56 Å². The van der Waals surface area contributed by atoms with E-state index in [1.54, 1.807) is 0 Å². The average Bonchev–Trinajstić information content (AvgIpc) is 2.15. The lowest BCUT2D eigenvalue weighted by molar-refractivity contribution is -0.0587. The lowest BCUT2D eigenvalue weighted by atomic mass is 10.1. The first kappa shape index (κ1) is 10.6. The van der Waals surface area contributed by atoms with Gasteiger partial charge < -0.3 is 4.74 Å². The van der Waals surface area contributed by atoms with Crippen LogP contribution in [0.15, 0.2) is 24.3 Å². The monoisotopic (exact) mass is 203 g/mol. The third-order valence-electron chi connectivity index (χ3n) is 1.66. The van der Waals surface area contributed by atoms with Crippen LogP contribution in [0.2, 0.25) is 0 Å². The Labute approximate surface area is 78.8 Å². The minimum Gasteiger partial charge on any atom is -0.497 e. The molecule has 0 saturated carbocycles. The van der Waals surface area contributed by atoms with E-state index >= 15 is 0 Å². The highest BCUT2D eigenvalue weighted by atomic mass is 19.4. The van der Waals surface area contributed by atoms with Crippen molar-refractivity contribution in [3.8, 4) is 5.75 Å². The first-order valence-corrected chi connectivity index (χ1v) is 3.75. The number of hydrogen-bond acceptors (Lipinski definition) is 2. The van der Waals surface area contributed by atoms with Crippen molar-refractivity contribution in [2.75, 3.05) is 7.11 Å². The first-order chi connectivity index (χ1) is 6.45. The Morgan fingerprint density at radius 3 is 2.07 bits per heavy atom. The van der Waals surface area contributed by atoms with E-state index in [1.807, 2.05) is 0 Å². The molecule has 0 spiro atoms. The Morgan fingerprint density at radius 1 is 1.21 bits per heavy atom. The van der Waals surface area contributed by atoms with Crippen molar-refractivity contribution in [2.24, 2.45) is 0 Å².